The molecule has 4 aromatic rings. The van der Waals surface area contributed by atoms with Crippen LogP contribution in [-0.4, -0.2) is 54.8 Å². The smallest absolute Gasteiger partial charge is 0.261 e. The number of hydrogen-bond acceptors (Lipinski definition) is 7. The highest BCUT2D eigenvalue weighted by Gasteiger charge is 2.40. The second-order valence-electron chi connectivity index (χ2n) is 9.50. The van der Waals surface area contributed by atoms with Gasteiger partial charge in [-0.15, -0.1) is 11.3 Å². The van der Waals surface area contributed by atoms with Crippen LogP contribution in [0.25, 0.3) is 10.1 Å². The summed E-state index contributed by atoms with van der Waals surface area (Å²) in [4.78, 5) is 47.1. The number of rotatable bonds is 7. The molecular formula is C29H24FN5O3S. The number of imide groups is 1. The van der Waals surface area contributed by atoms with E-state index in [2.05, 4.69) is 5.32 Å². The Morgan fingerprint density at radius 1 is 1.08 bits per heavy atom. The van der Waals surface area contributed by atoms with Crippen LogP contribution in [0.5, 0.6) is 0 Å². The Balaban J connectivity index is 1.49. The van der Waals surface area contributed by atoms with Crippen LogP contribution >= 0.6 is 11.3 Å². The average molecular weight is 542 g/mol. The van der Waals surface area contributed by atoms with Gasteiger partial charge in [0.2, 0.25) is 0 Å². The van der Waals surface area contributed by atoms with Crippen LogP contribution in [0.2, 0.25) is 0 Å². The number of amides is 3. The Morgan fingerprint density at radius 2 is 1.82 bits per heavy atom. The second-order valence-corrected chi connectivity index (χ2v) is 10.6. The van der Waals surface area contributed by atoms with Gasteiger partial charge in [-0.25, -0.2) is 4.39 Å². The molecule has 0 fully saturated rings. The molecule has 0 spiro atoms. The number of hydrogen-bond donors (Lipinski definition) is 2. The molecule has 3 amide bonds. The van der Waals surface area contributed by atoms with E-state index in [4.69, 9.17) is 10.7 Å². The SMILES string of the molecule is CNC1N=Cc2ccc3cc(C(N)=O)sc3c2N1C(Cc1cccc(F)c1)CN1C(=O)c2ccccc2C1=O. The average Bonchev–Trinajstić information content (AvgIpc) is 3.48. The predicted molar refractivity (Wildman–Crippen MR) is 149 cm³/mol. The fourth-order valence-corrected chi connectivity index (χ4v) is 6.41. The van der Waals surface area contributed by atoms with Gasteiger partial charge in [0.15, 0.2) is 6.29 Å². The number of nitrogens with zero attached hydrogens (tertiary/aromatic N) is 3. The van der Waals surface area contributed by atoms with Gasteiger partial charge >= 0.3 is 0 Å². The number of halogens is 1. The predicted octanol–water partition coefficient (Wildman–Crippen LogP) is 3.79. The third-order valence-electron chi connectivity index (χ3n) is 7.09. The topological polar surface area (TPSA) is 108 Å². The molecule has 2 aliphatic heterocycles. The van der Waals surface area contributed by atoms with Crippen molar-refractivity contribution in [1.82, 2.24) is 10.2 Å². The minimum Gasteiger partial charge on any atom is -0.365 e. The first kappa shape index (κ1) is 24.9. The zero-order valence-electron chi connectivity index (χ0n) is 20.9. The van der Waals surface area contributed by atoms with Crippen LogP contribution in [0.3, 0.4) is 0 Å². The Bertz CT molecular complexity index is 1650. The van der Waals surface area contributed by atoms with E-state index >= 15 is 0 Å². The van der Waals surface area contributed by atoms with Gasteiger partial charge < -0.3 is 10.6 Å². The molecule has 0 saturated heterocycles. The molecule has 196 valence electrons. The third-order valence-corrected chi connectivity index (χ3v) is 8.27. The minimum atomic E-state index is -0.545. The quantitative estimate of drug-likeness (QED) is 0.346. The standard InChI is InChI=1S/C29H24FN5O3S/c1-32-29-33-14-18-10-9-17-13-23(26(31)36)39-25(17)24(18)35(29)20(12-16-5-4-6-19(30)11-16)15-34-27(37)21-7-2-3-8-22(21)28(34)38/h2-11,13-14,20,29,32H,12,15H2,1H3,(H2,31,36). The molecule has 1 aromatic heterocycles. The van der Waals surface area contributed by atoms with Crippen LogP contribution in [0, 0.1) is 5.82 Å². The summed E-state index contributed by atoms with van der Waals surface area (Å²) in [7, 11) is 1.77. The number of primary amides is 1. The lowest BCUT2D eigenvalue weighted by Gasteiger charge is -2.42. The zero-order chi connectivity index (χ0) is 27.3. The summed E-state index contributed by atoms with van der Waals surface area (Å²) < 4.78 is 15.1. The number of thiophene rings is 1. The summed E-state index contributed by atoms with van der Waals surface area (Å²) in [5.41, 5.74) is 8.65. The Hall–Kier alpha value is -4.41. The number of carbonyl (C=O) groups is 3. The van der Waals surface area contributed by atoms with E-state index in [1.165, 1.54) is 28.4 Å². The normalized spacial score (nSPS) is 17.0. The van der Waals surface area contributed by atoms with Crippen molar-refractivity contribution < 1.29 is 18.8 Å². The number of anilines is 1. The monoisotopic (exact) mass is 541 g/mol. The number of carbonyl (C=O) groups excluding carboxylic acids is 3. The third kappa shape index (κ3) is 4.27. The van der Waals surface area contributed by atoms with E-state index in [9.17, 15) is 18.8 Å². The fourth-order valence-electron chi connectivity index (χ4n) is 5.34. The molecule has 10 heteroatoms. The molecule has 2 aliphatic rings. The molecule has 3 N–H and O–H groups in total. The minimum absolute atomic E-state index is 0.0421. The number of aliphatic imine (C=N–C) groups is 1. The van der Waals surface area contributed by atoms with Crippen molar-refractivity contribution in [1.29, 1.82) is 0 Å². The summed E-state index contributed by atoms with van der Waals surface area (Å²) in [6.45, 7) is 0.0421. The summed E-state index contributed by atoms with van der Waals surface area (Å²) in [6.07, 6.45) is 1.54. The van der Waals surface area contributed by atoms with Crippen LogP contribution in [0.15, 0.2) is 71.7 Å². The molecule has 2 atom stereocenters. The molecule has 3 heterocycles. The zero-order valence-corrected chi connectivity index (χ0v) is 21.7. The highest BCUT2D eigenvalue weighted by molar-refractivity contribution is 7.21. The van der Waals surface area contributed by atoms with Crippen LogP contribution in [0.4, 0.5) is 10.1 Å². The lowest BCUT2D eigenvalue weighted by molar-refractivity contribution is 0.0641. The maximum absolute atomic E-state index is 14.2. The number of nitrogens with one attached hydrogen (secondary N) is 1. The second kappa shape index (κ2) is 9.72. The van der Waals surface area contributed by atoms with Crippen molar-refractivity contribution >= 4 is 51.0 Å². The molecule has 2 unspecified atom stereocenters. The maximum atomic E-state index is 14.2. The molecule has 0 saturated carbocycles. The van der Waals surface area contributed by atoms with Crippen LogP contribution in [-0.2, 0) is 6.42 Å². The van der Waals surface area contributed by atoms with Crippen LogP contribution in [0.1, 0.15) is 41.5 Å². The molecule has 0 bridgehead atoms. The van der Waals surface area contributed by atoms with Gasteiger partial charge in [0.05, 0.1) is 39.0 Å². The van der Waals surface area contributed by atoms with E-state index in [-0.39, 0.29) is 24.2 Å². The maximum Gasteiger partial charge on any atom is 0.261 e. The van der Waals surface area contributed by atoms with Gasteiger partial charge in [-0.2, -0.15) is 0 Å². The Labute approximate surface area is 227 Å². The van der Waals surface area contributed by atoms with E-state index < -0.39 is 18.2 Å². The Kier molecular flexibility index (Phi) is 6.20. The van der Waals surface area contributed by atoms with E-state index in [0.717, 1.165) is 21.3 Å². The largest absolute Gasteiger partial charge is 0.365 e. The fraction of sp³-hybridized carbons (Fsp3) is 0.172. The first-order chi connectivity index (χ1) is 18.9. The van der Waals surface area contributed by atoms with Gasteiger partial charge in [-0.3, -0.25) is 29.6 Å². The molecular weight excluding hydrogens is 517 g/mol. The summed E-state index contributed by atoms with van der Waals surface area (Å²) in [5.74, 6) is -1.63. The van der Waals surface area contributed by atoms with E-state index in [1.807, 2.05) is 23.1 Å². The number of benzene rings is 3. The molecule has 0 radical (unpaired) electrons. The molecule has 3 aromatic carbocycles. The van der Waals surface area contributed by atoms with Crippen molar-refractivity contribution in [2.75, 3.05) is 18.5 Å². The van der Waals surface area contributed by atoms with E-state index in [0.29, 0.717) is 28.0 Å². The Morgan fingerprint density at radius 3 is 2.49 bits per heavy atom. The van der Waals surface area contributed by atoms with Gasteiger partial charge in [-0.05, 0) is 54.8 Å². The summed E-state index contributed by atoms with van der Waals surface area (Å²) >= 11 is 1.28. The van der Waals surface area contributed by atoms with Gasteiger partial charge in [-0.1, -0.05) is 36.4 Å². The van der Waals surface area contributed by atoms with Crippen molar-refractivity contribution in [2.45, 2.75) is 18.8 Å². The first-order valence-corrected chi connectivity index (χ1v) is 13.2. The van der Waals surface area contributed by atoms with Gasteiger partial charge in [0, 0.05) is 11.8 Å². The van der Waals surface area contributed by atoms with E-state index in [1.54, 1.807) is 49.7 Å². The van der Waals surface area contributed by atoms with Crippen molar-refractivity contribution in [2.24, 2.45) is 10.7 Å². The van der Waals surface area contributed by atoms with Gasteiger partial charge in [0.1, 0.15) is 5.82 Å². The molecule has 0 aliphatic carbocycles. The highest BCUT2D eigenvalue weighted by Crippen LogP contribution is 2.40. The molecule has 6 rings (SSSR count). The van der Waals surface area contributed by atoms with Crippen molar-refractivity contribution in [3.8, 4) is 0 Å². The lowest BCUT2D eigenvalue weighted by Crippen LogP contribution is -2.56. The van der Waals surface area contributed by atoms with Crippen LogP contribution < -0.4 is 16.0 Å². The molecule has 8 nitrogen and oxygen atoms in total. The molecule has 39 heavy (non-hydrogen) atoms. The van der Waals surface area contributed by atoms with Crippen molar-refractivity contribution in [3.63, 3.8) is 0 Å². The highest BCUT2D eigenvalue weighted by atomic mass is 32.1. The van der Waals surface area contributed by atoms with Crippen molar-refractivity contribution in [3.05, 3.63) is 99.7 Å². The summed E-state index contributed by atoms with van der Waals surface area (Å²) in [5, 5.41) is 4.05. The summed E-state index contributed by atoms with van der Waals surface area (Å²) in [6, 6.07) is 18.1. The first-order valence-electron chi connectivity index (χ1n) is 12.4. The number of fused-ring (bicyclic) bond motifs is 4. The number of nitrogens with two attached hydrogens (primary N) is 1. The lowest BCUT2D eigenvalue weighted by atomic mass is 10.00. The van der Waals surface area contributed by atoms with Gasteiger partial charge in [0.25, 0.3) is 17.7 Å².